The van der Waals surface area contributed by atoms with Gasteiger partial charge in [0.1, 0.15) is 6.10 Å². The first-order valence-corrected chi connectivity index (χ1v) is 9.55. The lowest BCUT2D eigenvalue weighted by Crippen LogP contribution is -2.43. The number of likely N-dealkylation sites (tertiary alicyclic amines) is 1. The Morgan fingerprint density at radius 3 is 2.93 bits per heavy atom. The monoisotopic (exact) mass is 381 g/mol. The van der Waals surface area contributed by atoms with Crippen molar-refractivity contribution in [1.29, 1.82) is 0 Å². The number of hydrogen-bond donors (Lipinski definition) is 0. The lowest BCUT2D eigenvalue weighted by Gasteiger charge is -2.31. The van der Waals surface area contributed by atoms with Crippen molar-refractivity contribution in [3.8, 4) is 17.5 Å². The molecule has 1 fully saturated rings. The van der Waals surface area contributed by atoms with Crippen molar-refractivity contribution in [2.45, 2.75) is 32.3 Å². The Bertz CT molecular complexity index is 866. The normalized spacial score (nSPS) is 18.5. The molecule has 2 aromatic rings. The van der Waals surface area contributed by atoms with Crippen LogP contribution in [0.3, 0.4) is 0 Å². The van der Waals surface area contributed by atoms with Gasteiger partial charge in [-0.15, -0.1) is 0 Å². The van der Waals surface area contributed by atoms with Crippen LogP contribution in [0.25, 0.3) is 6.08 Å². The number of fused-ring (bicyclic) bond motifs is 1. The van der Waals surface area contributed by atoms with Gasteiger partial charge in [-0.3, -0.25) is 4.79 Å². The first-order chi connectivity index (χ1) is 13.7. The molecule has 1 amide bonds. The van der Waals surface area contributed by atoms with Gasteiger partial charge in [0.15, 0.2) is 11.5 Å². The molecule has 1 aromatic carbocycles. The highest BCUT2D eigenvalue weighted by Gasteiger charge is 2.24. The maximum absolute atomic E-state index is 12.6. The van der Waals surface area contributed by atoms with Gasteiger partial charge >= 0.3 is 6.01 Å². The lowest BCUT2D eigenvalue weighted by molar-refractivity contribution is -0.128. The predicted octanol–water partition coefficient (Wildman–Crippen LogP) is 2.85. The fourth-order valence-electron chi connectivity index (χ4n) is 3.26. The number of aromatic nitrogens is 2. The van der Waals surface area contributed by atoms with Crippen molar-refractivity contribution < 1.29 is 19.0 Å². The highest BCUT2D eigenvalue weighted by Crippen LogP contribution is 2.32. The molecule has 0 aliphatic carbocycles. The van der Waals surface area contributed by atoms with E-state index in [0.717, 1.165) is 42.7 Å². The van der Waals surface area contributed by atoms with Gasteiger partial charge in [-0.2, -0.15) is 0 Å². The van der Waals surface area contributed by atoms with Crippen LogP contribution in [-0.4, -0.2) is 46.8 Å². The minimum Gasteiger partial charge on any atom is -0.458 e. The fourth-order valence-corrected chi connectivity index (χ4v) is 3.26. The van der Waals surface area contributed by atoms with E-state index in [1.54, 1.807) is 29.4 Å². The summed E-state index contributed by atoms with van der Waals surface area (Å²) < 4.78 is 16.5. The largest absolute Gasteiger partial charge is 0.458 e. The molecular weight excluding hydrogens is 358 g/mol. The summed E-state index contributed by atoms with van der Waals surface area (Å²) in [7, 11) is 0. The number of rotatable bonds is 5. The average Bonchev–Trinajstić information content (AvgIpc) is 3.20. The molecule has 4 rings (SSSR count). The Kier molecular flexibility index (Phi) is 5.41. The van der Waals surface area contributed by atoms with Crippen LogP contribution in [0.2, 0.25) is 0 Å². The van der Waals surface area contributed by atoms with Gasteiger partial charge in [0.2, 0.25) is 12.7 Å². The molecule has 2 aliphatic rings. The second-order valence-electron chi connectivity index (χ2n) is 6.84. The van der Waals surface area contributed by atoms with E-state index in [-0.39, 0.29) is 18.8 Å². The molecule has 0 spiro atoms. The van der Waals surface area contributed by atoms with E-state index < -0.39 is 0 Å². The summed E-state index contributed by atoms with van der Waals surface area (Å²) in [4.78, 5) is 22.9. The molecule has 1 saturated heterocycles. The molecule has 7 heteroatoms. The molecule has 146 valence electrons. The van der Waals surface area contributed by atoms with Gasteiger partial charge in [-0.1, -0.05) is 13.0 Å². The Balaban J connectivity index is 1.34. The maximum Gasteiger partial charge on any atom is 0.316 e. The number of ether oxygens (including phenoxy) is 3. The van der Waals surface area contributed by atoms with Crippen LogP contribution in [0.15, 0.2) is 36.7 Å². The van der Waals surface area contributed by atoms with Crippen LogP contribution in [0.1, 0.15) is 30.9 Å². The number of amides is 1. The third-order valence-electron chi connectivity index (χ3n) is 4.87. The summed E-state index contributed by atoms with van der Waals surface area (Å²) in [5.41, 5.74) is 1.97. The van der Waals surface area contributed by atoms with E-state index >= 15 is 0 Å². The number of benzene rings is 1. The third-order valence-corrected chi connectivity index (χ3v) is 4.87. The van der Waals surface area contributed by atoms with Crippen LogP contribution in [-0.2, 0) is 11.2 Å². The summed E-state index contributed by atoms with van der Waals surface area (Å²) in [6.45, 7) is 3.55. The SMILES string of the molecule is CCc1cnc(OC2CCCN(C(=O)/C=C/c3ccc4c(c3)OCO4)C2)nc1. The molecule has 3 heterocycles. The van der Waals surface area contributed by atoms with Crippen molar-refractivity contribution in [2.75, 3.05) is 19.9 Å². The van der Waals surface area contributed by atoms with Crippen molar-refractivity contribution in [1.82, 2.24) is 14.9 Å². The van der Waals surface area contributed by atoms with E-state index in [4.69, 9.17) is 14.2 Å². The van der Waals surface area contributed by atoms with Crippen LogP contribution in [0, 0.1) is 0 Å². The molecule has 0 N–H and O–H groups in total. The first-order valence-electron chi connectivity index (χ1n) is 9.55. The predicted molar refractivity (Wildman–Crippen MR) is 103 cm³/mol. The van der Waals surface area contributed by atoms with Crippen molar-refractivity contribution in [2.24, 2.45) is 0 Å². The molecule has 1 unspecified atom stereocenters. The Morgan fingerprint density at radius 1 is 1.29 bits per heavy atom. The molecule has 1 atom stereocenters. The van der Waals surface area contributed by atoms with E-state index in [1.165, 1.54) is 0 Å². The molecule has 0 bridgehead atoms. The van der Waals surface area contributed by atoms with Gasteiger partial charge in [0.25, 0.3) is 0 Å². The first kappa shape index (κ1) is 18.3. The number of hydrogen-bond acceptors (Lipinski definition) is 6. The zero-order valence-electron chi connectivity index (χ0n) is 15.8. The quantitative estimate of drug-likeness (QED) is 0.742. The van der Waals surface area contributed by atoms with Crippen LogP contribution < -0.4 is 14.2 Å². The summed E-state index contributed by atoms with van der Waals surface area (Å²) in [5.74, 6) is 1.40. The number of piperidine rings is 1. The van der Waals surface area contributed by atoms with E-state index in [1.807, 2.05) is 18.2 Å². The van der Waals surface area contributed by atoms with E-state index in [2.05, 4.69) is 16.9 Å². The molecule has 0 saturated carbocycles. The Morgan fingerprint density at radius 2 is 2.11 bits per heavy atom. The summed E-state index contributed by atoms with van der Waals surface area (Å²) in [6, 6.07) is 5.98. The van der Waals surface area contributed by atoms with E-state index in [9.17, 15) is 4.79 Å². The van der Waals surface area contributed by atoms with Gasteiger partial charge in [0.05, 0.1) is 6.54 Å². The topological polar surface area (TPSA) is 73.8 Å². The van der Waals surface area contributed by atoms with Gasteiger partial charge in [0, 0.05) is 25.0 Å². The molecule has 28 heavy (non-hydrogen) atoms. The standard InChI is InChI=1S/C21H23N3O4/c1-2-15-11-22-21(23-12-15)28-17-4-3-9-24(13-17)20(25)8-6-16-5-7-18-19(10-16)27-14-26-18/h5-8,10-12,17H,2-4,9,13-14H2,1H3/b8-6+. The van der Waals surface area contributed by atoms with E-state index in [0.29, 0.717) is 18.3 Å². The van der Waals surface area contributed by atoms with Gasteiger partial charge in [-0.25, -0.2) is 9.97 Å². The van der Waals surface area contributed by atoms with Crippen LogP contribution in [0.4, 0.5) is 0 Å². The number of aryl methyl sites for hydroxylation is 1. The summed E-state index contributed by atoms with van der Waals surface area (Å²) in [6.07, 6.45) is 9.51. The number of carbonyl (C=O) groups is 1. The van der Waals surface area contributed by atoms with Crippen LogP contribution in [0.5, 0.6) is 17.5 Å². The highest BCUT2D eigenvalue weighted by molar-refractivity contribution is 5.92. The average molecular weight is 381 g/mol. The van der Waals surface area contributed by atoms with Crippen molar-refractivity contribution in [3.05, 3.63) is 47.8 Å². The maximum atomic E-state index is 12.6. The molecule has 7 nitrogen and oxygen atoms in total. The summed E-state index contributed by atoms with van der Waals surface area (Å²) in [5, 5.41) is 0. The zero-order valence-corrected chi connectivity index (χ0v) is 15.8. The number of nitrogens with zero attached hydrogens (tertiary/aromatic N) is 3. The Labute approximate surface area is 164 Å². The molecule has 0 radical (unpaired) electrons. The number of carbonyl (C=O) groups excluding carboxylic acids is 1. The van der Waals surface area contributed by atoms with Gasteiger partial charge in [-0.05, 0) is 48.6 Å². The second kappa shape index (κ2) is 8.29. The zero-order chi connectivity index (χ0) is 19.3. The molecular formula is C21H23N3O4. The third kappa shape index (κ3) is 4.24. The molecule has 2 aliphatic heterocycles. The van der Waals surface area contributed by atoms with Crippen molar-refractivity contribution in [3.63, 3.8) is 0 Å². The smallest absolute Gasteiger partial charge is 0.316 e. The Hall–Kier alpha value is -3.09. The van der Waals surface area contributed by atoms with Crippen molar-refractivity contribution >= 4 is 12.0 Å². The minimum absolute atomic E-state index is 0.0341. The minimum atomic E-state index is -0.0934. The molecule has 1 aromatic heterocycles. The lowest BCUT2D eigenvalue weighted by atomic mass is 10.1. The highest BCUT2D eigenvalue weighted by atomic mass is 16.7. The van der Waals surface area contributed by atoms with Gasteiger partial charge < -0.3 is 19.1 Å². The summed E-state index contributed by atoms with van der Waals surface area (Å²) >= 11 is 0. The van der Waals surface area contributed by atoms with Crippen LogP contribution >= 0.6 is 0 Å². The second-order valence-corrected chi connectivity index (χ2v) is 6.84. The fraction of sp³-hybridized carbons (Fsp3) is 0.381.